The fourth-order valence-corrected chi connectivity index (χ4v) is 1.61. The van der Waals surface area contributed by atoms with E-state index in [4.69, 9.17) is 16.3 Å². The van der Waals surface area contributed by atoms with E-state index >= 15 is 0 Å². The van der Waals surface area contributed by atoms with Crippen molar-refractivity contribution in [1.29, 1.82) is 0 Å². The van der Waals surface area contributed by atoms with Crippen LogP contribution in [0.1, 0.15) is 10.4 Å². The highest BCUT2D eigenvalue weighted by atomic mass is 35.5. The number of rotatable bonds is 1. The third kappa shape index (κ3) is 1.68. The van der Waals surface area contributed by atoms with E-state index < -0.39 is 11.8 Å². The van der Waals surface area contributed by atoms with Gasteiger partial charge >= 0.3 is 0 Å². The van der Waals surface area contributed by atoms with Crippen LogP contribution in [0.5, 0.6) is 5.75 Å². The molecule has 0 saturated heterocycles. The van der Waals surface area contributed by atoms with Crippen LogP contribution in [0.4, 0.5) is 0 Å². The van der Waals surface area contributed by atoms with Crippen molar-refractivity contribution in [1.82, 2.24) is 4.90 Å². The number of nitrogens with zero attached hydrogens (tertiary/aromatic N) is 1. The quantitative estimate of drug-likeness (QED) is 0.411. The fourth-order valence-electron chi connectivity index (χ4n) is 1.37. The number of halogens is 1. The van der Waals surface area contributed by atoms with Crippen LogP contribution >= 0.6 is 11.6 Å². The first kappa shape index (κ1) is 9.98. The maximum absolute atomic E-state index is 11.8. The molecule has 0 unspecified atom stereocenters. The van der Waals surface area contributed by atoms with E-state index in [2.05, 4.69) is 0 Å². The Morgan fingerprint density at radius 3 is 2.80 bits per heavy atom. The molecule has 1 aliphatic heterocycles. The van der Waals surface area contributed by atoms with Crippen molar-refractivity contribution in [2.75, 3.05) is 12.6 Å². The molecular weight excluding hydrogens is 218 g/mol. The predicted octanol–water partition coefficient (Wildman–Crippen LogP) is 1.24. The van der Waals surface area contributed by atoms with Gasteiger partial charge in [-0.2, -0.15) is 0 Å². The predicted molar refractivity (Wildman–Crippen MR) is 53.8 cm³/mol. The van der Waals surface area contributed by atoms with Gasteiger partial charge in [-0.25, -0.2) is 0 Å². The standard InChI is InChI=1S/C10H8ClNO3/c11-6-12-9(13)5-15-8-4-2-1-3-7(8)10(12)14/h1-4H,5-6H2. The lowest BCUT2D eigenvalue weighted by molar-refractivity contribution is -0.129. The Kier molecular flexibility index (Phi) is 2.60. The molecule has 2 amide bonds. The highest BCUT2D eigenvalue weighted by Crippen LogP contribution is 2.22. The van der Waals surface area contributed by atoms with Crippen molar-refractivity contribution in [3.05, 3.63) is 29.8 Å². The fraction of sp³-hybridized carbons (Fsp3) is 0.200. The molecule has 5 heteroatoms. The number of carbonyl (C=O) groups is 2. The number of para-hydroxylation sites is 1. The van der Waals surface area contributed by atoms with Gasteiger partial charge in [0.15, 0.2) is 6.61 Å². The number of imide groups is 1. The maximum Gasteiger partial charge on any atom is 0.268 e. The van der Waals surface area contributed by atoms with Crippen LogP contribution < -0.4 is 4.74 Å². The third-order valence-corrected chi connectivity index (χ3v) is 2.37. The lowest BCUT2D eigenvalue weighted by Gasteiger charge is -2.13. The molecule has 4 nitrogen and oxygen atoms in total. The average molecular weight is 226 g/mol. The summed E-state index contributed by atoms with van der Waals surface area (Å²) in [5, 5.41) is 0. The van der Waals surface area contributed by atoms with Gasteiger partial charge in [0.05, 0.1) is 5.56 Å². The van der Waals surface area contributed by atoms with E-state index in [0.717, 1.165) is 4.90 Å². The van der Waals surface area contributed by atoms with Crippen molar-refractivity contribution < 1.29 is 14.3 Å². The minimum Gasteiger partial charge on any atom is -0.483 e. The van der Waals surface area contributed by atoms with Gasteiger partial charge in [0.25, 0.3) is 11.8 Å². The zero-order chi connectivity index (χ0) is 10.8. The summed E-state index contributed by atoms with van der Waals surface area (Å²) >= 11 is 5.54. The summed E-state index contributed by atoms with van der Waals surface area (Å²) in [4.78, 5) is 24.2. The Balaban J connectivity index is 2.47. The number of ether oxygens (including phenoxy) is 1. The summed E-state index contributed by atoms with van der Waals surface area (Å²) in [6, 6.07) is 6.55. The van der Waals surface area contributed by atoms with Gasteiger partial charge in [0, 0.05) is 0 Å². The summed E-state index contributed by atoms with van der Waals surface area (Å²) in [6.07, 6.45) is 0. The molecule has 0 aliphatic carbocycles. The van der Waals surface area contributed by atoms with Crippen LogP contribution in [0.25, 0.3) is 0 Å². The molecule has 0 aromatic heterocycles. The van der Waals surface area contributed by atoms with Crippen molar-refractivity contribution in [3.8, 4) is 5.75 Å². The summed E-state index contributed by atoms with van der Waals surface area (Å²) < 4.78 is 5.19. The Bertz CT molecular complexity index is 419. The van der Waals surface area contributed by atoms with E-state index in [-0.39, 0.29) is 12.6 Å². The van der Waals surface area contributed by atoms with Crippen molar-refractivity contribution >= 4 is 23.4 Å². The van der Waals surface area contributed by atoms with Crippen molar-refractivity contribution in [2.24, 2.45) is 0 Å². The molecule has 78 valence electrons. The lowest BCUT2D eigenvalue weighted by atomic mass is 10.2. The average Bonchev–Trinajstić information content (AvgIpc) is 2.38. The molecular formula is C10H8ClNO3. The number of alkyl halides is 1. The van der Waals surface area contributed by atoms with Gasteiger partial charge in [-0.05, 0) is 12.1 Å². The second-order valence-electron chi connectivity index (χ2n) is 3.03. The monoisotopic (exact) mass is 225 g/mol. The lowest BCUT2D eigenvalue weighted by Crippen LogP contribution is -2.36. The Hall–Kier alpha value is -1.55. The zero-order valence-corrected chi connectivity index (χ0v) is 8.53. The smallest absolute Gasteiger partial charge is 0.268 e. The van der Waals surface area contributed by atoms with Gasteiger partial charge in [-0.1, -0.05) is 12.1 Å². The van der Waals surface area contributed by atoms with E-state index in [1.165, 1.54) is 0 Å². The molecule has 0 N–H and O–H groups in total. The summed E-state index contributed by atoms with van der Waals surface area (Å²) in [7, 11) is 0. The molecule has 15 heavy (non-hydrogen) atoms. The molecule has 1 aliphatic rings. The van der Waals surface area contributed by atoms with Crippen LogP contribution in [0.15, 0.2) is 24.3 Å². The maximum atomic E-state index is 11.8. The third-order valence-electron chi connectivity index (χ3n) is 2.13. The first-order valence-corrected chi connectivity index (χ1v) is 4.90. The molecule has 1 heterocycles. The number of hydrogen-bond acceptors (Lipinski definition) is 3. The van der Waals surface area contributed by atoms with E-state index in [0.29, 0.717) is 11.3 Å². The largest absolute Gasteiger partial charge is 0.483 e. The van der Waals surface area contributed by atoms with Crippen LogP contribution in [-0.2, 0) is 4.79 Å². The van der Waals surface area contributed by atoms with Crippen LogP contribution in [0.3, 0.4) is 0 Å². The van der Waals surface area contributed by atoms with Gasteiger partial charge < -0.3 is 4.74 Å². The summed E-state index contributed by atoms with van der Waals surface area (Å²) in [5.41, 5.74) is 0.365. The summed E-state index contributed by atoms with van der Waals surface area (Å²) in [5.74, 6) is -0.419. The highest BCUT2D eigenvalue weighted by molar-refractivity contribution is 6.21. The number of fused-ring (bicyclic) bond motifs is 1. The minimum atomic E-state index is -0.425. The van der Waals surface area contributed by atoms with Gasteiger partial charge in [0.2, 0.25) is 0 Å². The van der Waals surface area contributed by atoms with Gasteiger partial charge in [0.1, 0.15) is 11.8 Å². The Labute approximate surface area is 91.4 Å². The first-order chi connectivity index (χ1) is 7.24. The topological polar surface area (TPSA) is 46.6 Å². The molecule has 1 aromatic rings. The number of amides is 2. The highest BCUT2D eigenvalue weighted by Gasteiger charge is 2.28. The van der Waals surface area contributed by atoms with E-state index in [1.54, 1.807) is 24.3 Å². The Morgan fingerprint density at radius 2 is 2.07 bits per heavy atom. The first-order valence-electron chi connectivity index (χ1n) is 4.36. The molecule has 0 atom stereocenters. The zero-order valence-electron chi connectivity index (χ0n) is 7.77. The molecule has 1 aromatic carbocycles. The second-order valence-corrected chi connectivity index (χ2v) is 3.27. The van der Waals surface area contributed by atoms with Gasteiger partial charge in [-0.15, -0.1) is 11.6 Å². The number of hydrogen-bond donors (Lipinski definition) is 0. The van der Waals surface area contributed by atoms with Crippen LogP contribution in [0.2, 0.25) is 0 Å². The van der Waals surface area contributed by atoms with Crippen molar-refractivity contribution in [3.63, 3.8) is 0 Å². The number of carbonyl (C=O) groups excluding carboxylic acids is 2. The van der Waals surface area contributed by atoms with Gasteiger partial charge in [-0.3, -0.25) is 14.5 Å². The summed E-state index contributed by atoms with van der Waals surface area (Å²) in [6.45, 7) is -0.157. The molecule has 0 fully saturated rings. The molecule has 0 spiro atoms. The molecule has 0 radical (unpaired) electrons. The SMILES string of the molecule is O=C1COc2ccccc2C(=O)N1CCl. The van der Waals surface area contributed by atoms with Crippen LogP contribution in [-0.4, -0.2) is 29.3 Å². The van der Waals surface area contributed by atoms with E-state index in [9.17, 15) is 9.59 Å². The van der Waals surface area contributed by atoms with Crippen LogP contribution in [0, 0.1) is 0 Å². The van der Waals surface area contributed by atoms with E-state index in [1.807, 2.05) is 0 Å². The number of benzene rings is 1. The molecule has 2 rings (SSSR count). The molecule has 0 bridgehead atoms. The Morgan fingerprint density at radius 1 is 1.33 bits per heavy atom. The second kappa shape index (κ2) is 3.90. The van der Waals surface area contributed by atoms with Crippen molar-refractivity contribution in [2.45, 2.75) is 0 Å². The minimum absolute atomic E-state index is 0.157. The molecule has 0 saturated carbocycles. The normalized spacial score (nSPS) is 15.7.